The summed E-state index contributed by atoms with van der Waals surface area (Å²) in [7, 11) is 3.27. The molecule has 4 rings (SSSR count). The molecule has 0 aliphatic carbocycles. The van der Waals surface area contributed by atoms with Gasteiger partial charge in [-0.05, 0) is 48.0 Å². The summed E-state index contributed by atoms with van der Waals surface area (Å²) in [6.07, 6.45) is 1.51. The lowest BCUT2D eigenvalue weighted by atomic mass is 10.1. The second kappa shape index (κ2) is 9.62. The molecule has 1 heterocycles. The van der Waals surface area contributed by atoms with Gasteiger partial charge in [-0.1, -0.05) is 18.2 Å². The number of nitrogens with zero attached hydrogens (tertiary/aromatic N) is 1. The van der Waals surface area contributed by atoms with Crippen LogP contribution in [0.25, 0.3) is 10.9 Å². The van der Waals surface area contributed by atoms with Crippen molar-refractivity contribution in [3.05, 3.63) is 84.1 Å². The molecular formula is C25H23N3O3S. The highest BCUT2D eigenvalue weighted by Crippen LogP contribution is 2.34. The van der Waals surface area contributed by atoms with E-state index >= 15 is 0 Å². The molecule has 0 bridgehead atoms. The summed E-state index contributed by atoms with van der Waals surface area (Å²) in [6, 6.07) is 21.5. The summed E-state index contributed by atoms with van der Waals surface area (Å²) in [5, 5.41) is 4.16. The minimum Gasteiger partial charge on any atom is -0.497 e. The lowest BCUT2D eigenvalue weighted by Gasteiger charge is -2.14. The number of methoxy groups -OCH3 is 2. The molecular weight excluding hydrogens is 422 g/mol. The first kappa shape index (κ1) is 21.5. The largest absolute Gasteiger partial charge is 0.497 e. The van der Waals surface area contributed by atoms with Gasteiger partial charge in [0.05, 0.1) is 31.0 Å². The molecule has 0 aliphatic rings. The number of anilines is 2. The highest BCUT2D eigenvalue weighted by molar-refractivity contribution is 7.98. The van der Waals surface area contributed by atoms with Gasteiger partial charge in [0, 0.05) is 34.0 Å². The van der Waals surface area contributed by atoms with Crippen molar-refractivity contribution in [2.24, 2.45) is 5.73 Å². The quantitative estimate of drug-likeness (QED) is 0.354. The average molecular weight is 446 g/mol. The van der Waals surface area contributed by atoms with Gasteiger partial charge in [0.15, 0.2) is 0 Å². The Labute approximate surface area is 190 Å². The maximum Gasteiger partial charge on any atom is 0.252 e. The summed E-state index contributed by atoms with van der Waals surface area (Å²) in [6.45, 7) is 0. The van der Waals surface area contributed by atoms with Crippen LogP contribution in [0.1, 0.15) is 15.9 Å². The summed E-state index contributed by atoms with van der Waals surface area (Å²) >= 11 is 1.70. The number of fused-ring (bicyclic) bond motifs is 1. The number of amides is 1. The van der Waals surface area contributed by atoms with Gasteiger partial charge in [0.25, 0.3) is 5.91 Å². The van der Waals surface area contributed by atoms with Gasteiger partial charge < -0.3 is 20.5 Å². The number of primary amides is 1. The number of thioether (sulfide) groups is 1. The molecule has 6 nitrogen and oxygen atoms in total. The fourth-order valence-corrected chi connectivity index (χ4v) is 4.21. The number of nitrogens with one attached hydrogen (secondary N) is 1. The maximum absolute atomic E-state index is 12.1. The topological polar surface area (TPSA) is 86.5 Å². The summed E-state index contributed by atoms with van der Waals surface area (Å²) < 4.78 is 10.5. The van der Waals surface area contributed by atoms with Crippen LogP contribution in [-0.2, 0) is 5.75 Å². The van der Waals surface area contributed by atoms with E-state index in [9.17, 15) is 4.79 Å². The van der Waals surface area contributed by atoms with Gasteiger partial charge in [0.2, 0.25) is 0 Å². The standard InChI is InChI=1S/C25H23N3O3S/c1-30-18-8-6-16(7-9-18)15-32-20-10-11-23-21(13-20)24(22(14-27-23)25(26)29)28-17-4-3-5-19(12-17)31-2/h3-14H,15H2,1-2H3,(H2,26,29)(H,27,28). The Morgan fingerprint density at radius 2 is 1.78 bits per heavy atom. The number of ether oxygens (including phenoxy) is 2. The first-order valence-corrected chi connectivity index (χ1v) is 11.0. The van der Waals surface area contributed by atoms with Crippen LogP contribution in [0.15, 0.2) is 77.8 Å². The number of aromatic nitrogens is 1. The van der Waals surface area contributed by atoms with Crippen LogP contribution in [0.4, 0.5) is 11.4 Å². The second-order valence-corrected chi connectivity index (χ2v) is 8.13. The molecule has 0 spiro atoms. The molecule has 0 unspecified atom stereocenters. The summed E-state index contributed by atoms with van der Waals surface area (Å²) in [5.41, 5.74) is 9.36. The van der Waals surface area contributed by atoms with Gasteiger partial charge in [-0.15, -0.1) is 11.8 Å². The Hall–Kier alpha value is -3.71. The lowest BCUT2D eigenvalue weighted by Crippen LogP contribution is -2.14. The van der Waals surface area contributed by atoms with Gasteiger partial charge >= 0.3 is 0 Å². The monoisotopic (exact) mass is 445 g/mol. The molecule has 3 N–H and O–H groups in total. The molecule has 1 aromatic heterocycles. The fraction of sp³-hybridized carbons (Fsp3) is 0.120. The zero-order valence-corrected chi connectivity index (χ0v) is 18.6. The average Bonchev–Trinajstić information content (AvgIpc) is 2.83. The van der Waals surface area contributed by atoms with Crippen LogP contribution in [0.2, 0.25) is 0 Å². The Bertz CT molecular complexity index is 1260. The zero-order valence-electron chi connectivity index (χ0n) is 17.8. The third kappa shape index (κ3) is 4.78. The van der Waals surface area contributed by atoms with E-state index in [4.69, 9.17) is 15.2 Å². The minimum absolute atomic E-state index is 0.331. The van der Waals surface area contributed by atoms with Gasteiger partial charge in [-0.3, -0.25) is 9.78 Å². The number of rotatable bonds is 8. The lowest BCUT2D eigenvalue weighted by molar-refractivity contribution is 0.100. The van der Waals surface area contributed by atoms with Crippen molar-refractivity contribution in [2.75, 3.05) is 19.5 Å². The number of carbonyl (C=O) groups is 1. The summed E-state index contributed by atoms with van der Waals surface area (Å²) in [5.74, 6) is 1.81. The molecule has 0 atom stereocenters. The Balaban J connectivity index is 1.68. The van der Waals surface area contributed by atoms with Crippen molar-refractivity contribution in [1.29, 1.82) is 0 Å². The van der Waals surface area contributed by atoms with Crippen molar-refractivity contribution < 1.29 is 14.3 Å². The second-order valence-electron chi connectivity index (χ2n) is 7.08. The number of pyridine rings is 1. The number of hydrogen-bond acceptors (Lipinski definition) is 6. The molecule has 3 aromatic carbocycles. The van der Waals surface area contributed by atoms with Gasteiger partial charge in [0.1, 0.15) is 11.5 Å². The Morgan fingerprint density at radius 1 is 1.00 bits per heavy atom. The zero-order chi connectivity index (χ0) is 22.5. The van der Waals surface area contributed by atoms with Crippen LogP contribution in [0, 0.1) is 0 Å². The smallest absolute Gasteiger partial charge is 0.252 e. The molecule has 0 saturated carbocycles. The van der Waals surface area contributed by atoms with Crippen LogP contribution in [0.5, 0.6) is 11.5 Å². The van der Waals surface area contributed by atoms with E-state index in [1.54, 1.807) is 26.0 Å². The predicted octanol–water partition coefficient (Wildman–Crippen LogP) is 5.39. The highest BCUT2D eigenvalue weighted by Gasteiger charge is 2.15. The van der Waals surface area contributed by atoms with Gasteiger partial charge in [-0.25, -0.2) is 0 Å². The fourth-order valence-electron chi connectivity index (χ4n) is 3.32. The first-order valence-electron chi connectivity index (χ1n) is 9.97. The van der Waals surface area contributed by atoms with Crippen LogP contribution in [-0.4, -0.2) is 25.1 Å². The van der Waals surface area contributed by atoms with E-state index in [0.717, 1.165) is 33.0 Å². The Kier molecular flexibility index (Phi) is 6.47. The molecule has 0 radical (unpaired) electrons. The normalized spacial score (nSPS) is 10.7. The van der Waals surface area contributed by atoms with Crippen molar-refractivity contribution in [3.63, 3.8) is 0 Å². The molecule has 1 amide bonds. The predicted molar refractivity (Wildman–Crippen MR) is 129 cm³/mol. The van der Waals surface area contributed by atoms with E-state index < -0.39 is 5.91 Å². The molecule has 4 aromatic rings. The minimum atomic E-state index is -0.541. The molecule has 32 heavy (non-hydrogen) atoms. The number of nitrogens with two attached hydrogens (primary N) is 1. The van der Waals surface area contributed by atoms with E-state index in [0.29, 0.717) is 17.0 Å². The molecule has 162 valence electrons. The van der Waals surface area contributed by atoms with Crippen molar-refractivity contribution in [3.8, 4) is 11.5 Å². The van der Waals surface area contributed by atoms with Crippen molar-refractivity contribution in [1.82, 2.24) is 4.98 Å². The van der Waals surface area contributed by atoms with E-state index in [1.807, 2.05) is 54.6 Å². The van der Waals surface area contributed by atoms with Crippen LogP contribution in [0.3, 0.4) is 0 Å². The van der Waals surface area contributed by atoms with Crippen LogP contribution < -0.4 is 20.5 Å². The number of carbonyl (C=O) groups excluding carboxylic acids is 1. The van der Waals surface area contributed by atoms with Crippen molar-refractivity contribution >= 4 is 39.9 Å². The van der Waals surface area contributed by atoms with E-state index in [-0.39, 0.29) is 0 Å². The Morgan fingerprint density at radius 3 is 2.50 bits per heavy atom. The number of hydrogen-bond donors (Lipinski definition) is 2. The molecule has 7 heteroatoms. The molecule has 0 saturated heterocycles. The van der Waals surface area contributed by atoms with Crippen molar-refractivity contribution in [2.45, 2.75) is 10.6 Å². The highest BCUT2D eigenvalue weighted by atomic mass is 32.2. The van der Waals surface area contributed by atoms with E-state index in [2.05, 4.69) is 22.4 Å². The molecule has 0 aliphatic heterocycles. The third-order valence-corrected chi connectivity index (χ3v) is 6.07. The SMILES string of the molecule is COc1ccc(CSc2ccc3ncc(C(N)=O)c(Nc4cccc(OC)c4)c3c2)cc1. The maximum atomic E-state index is 12.1. The van der Waals surface area contributed by atoms with E-state index in [1.165, 1.54) is 11.8 Å². The number of benzene rings is 3. The summed E-state index contributed by atoms with van der Waals surface area (Å²) in [4.78, 5) is 17.6. The first-order chi connectivity index (χ1) is 15.6. The van der Waals surface area contributed by atoms with Crippen LogP contribution >= 0.6 is 11.8 Å². The third-order valence-electron chi connectivity index (χ3n) is 5.01. The van der Waals surface area contributed by atoms with Gasteiger partial charge in [-0.2, -0.15) is 0 Å². The molecule has 0 fully saturated rings.